The van der Waals surface area contributed by atoms with Crippen molar-refractivity contribution in [3.05, 3.63) is 58.7 Å². The van der Waals surface area contributed by atoms with E-state index < -0.39 is 0 Å². The van der Waals surface area contributed by atoms with Gasteiger partial charge < -0.3 is 4.90 Å². The number of carbonyl (C=O) groups excluding carboxylic acids is 1. The molecule has 1 aliphatic carbocycles. The van der Waals surface area contributed by atoms with E-state index in [4.69, 9.17) is 0 Å². The molecule has 4 nitrogen and oxygen atoms in total. The highest BCUT2D eigenvalue weighted by atomic mass is 16.2. The van der Waals surface area contributed by atoms with Gasteiger partial charge in [-0.15, -0.1) is 0 Å². The van der Waals surface area contributed by atoms with Gasteiger partial charge >= 0.3 is 0 Å². The second-order valence-corrected chi connectivity index (χ2v) is 6.96. The van der Waals surface area contributed by atoms with Gasteiger partial charge in [0.2, 0.25) is 0 Å². The van der Waals surface area contributed by atoms with E-state index in [2.05, 4.69) is 22.1 Å². The van der Waals surface area contributed by atoms with Crippen LogP contribution in [-0.4, -0.2) is 33.9 Å². The molecule has 1 aromatic heterocycles. The molecule has 124 valence electrons. The van der Waals surface area contributed by atoms with Crippen molar-refractivity contribution in [3.63, 3.8) is 0 Å². The molecule has 1 aromatic carbocycles. The summed E-state index contributed by atoms with van der Waals surface area (Å²) in [6, 6.07) is 8.25. The summed E-state index contributed by atoms with van der Waals surface area (Å²) in [6.07, 6.45) is 7.42. The number of aryl methyl sites for hydroxylation is 3. The molecule has 4 rings (SSSR count). The first-order chi connectivity index (χ1) is 11.7. The molecule has 24 heavy (non-hydrogen) atoms. The molecule has 2 aromatic rings. The quantitative estimate of drug-likeness (QED) is 0.852. The predicted molar refractivity (Wildman–Crippen MR) is 93.1 cm³/mol. The number of piperidine rings is 1. The average molecular weight is 321 g/mol. The number of hydrogen-bond acceptors (Lipinski definition) is 3. The fraction of sp³-hybridized carbons (Fsp3) is 0.450. The Morgan fingerprint density at radius 1 is 1.17 bits per heavy atom. The molecule has 0 radical (unpaired) electrons. The van der Waals surface area contributed by atoms with Crippen LogP contribution >= 0.6 is 0 Å². The Morgan fingerprint density at radius 3 is 2.92 bits per heavy atom. The molecular weight excluding hydrogens is 298 g/mol. The number of hydrogen-bond donors (Lipinski definition) is 0. The van der Waals surface area contributed by atoms with Gasteiger partial charge in [0, 0.05) is 36.5 Å². The molecule has 0 bridgehead atoms. The van der Waals surface area contributed by atoms with Crippen LogP contribution in [0.15, 0.2) is 30.5 Å². The maximum atomic E-state index is 12.9. The Balaban J connectivity index is 1.52. The van der Waals surface area contributed by atoms with E-state index in [1.54, 1.807) is 0 Å². The third-order valence-electron chi connectivity index (χ3n) is 5.27. The Kier molecular flexibility index (Phi) is 4.05. The summed E-state index contributed by atoms with van der Waals surface area (Å²) in [6.45, 7) is 3.52. The predicted octanol–water partition coefficient (Wildman–Crippen LogP) is 3.29. The van der Waals surface area contributed by atoms with Gasteiger partial charge in [-0.25, -0.2) is 9.97 Å². The van der Waals surface area contributed by atoms with Crippen LogP contribution in [0, 0.1) is 6.92 Å². The first-order valence-electron chi connectivity index (χ1n) is 8.91. The summed E-state index contributed by atoms with van der Waals surface area (Å²) in [4.78, 5) is 23.7. The van der Waals surface area contributed by atoms with Crippen molar-refractivity contribution >= 4 is 5.91 Å². The summed E-state index contributed by atoms with van der Waals surface area (Å²) in [7, 11) is 0. The third-order valence-corrected chi connectivity index (χ3v) is 5.27. The van der Waals surface area contributed by atoms with Crippen molar-refractivity contribution in [2.45, 2.75) is 44.9 Å². The van der Waals surface area contributed by atoms with Crippen molar-refractivity contribution < 1.29 is 4.79 Å². The van der Waals surface area contributed by atoms with E-state index in [0.29, 0.717) is 5.92 Å². The summed E-state index contributed by atoms with van der Waals surface area (Å²) < 4.78 is 0. The molecule has 1 aliphatic heterocycles. The zero-order valence-electron chi connectivity index (χ0n) is 14.2. The minimum atomic E-state index is 0.167. The second-order valence-electron chi connectivity index (χ2n) is 6.96. The number of rotatable bonds is 2. The Bertz CT molecular complexity index is 771. The summed E-state index contributed by atoms with van der Waals surface area (Å²) >= 11 is 0. The molecule has 2 aliphatic rings. The number of carbonyl (C=O) groups is 1. The van der Waals surface area contributed by atoms with Crippen molar-refractivity contribution in [2.75, 3.05) is 13.1 Å². The highest BCUT2D eigenvalue weighted by molar-refractivity contribution is 5.94. The van der Waals surface area contributed by atoms with E-state index in [-0.39, 0.29) is 5.91 Å². The molecule has 1 atom stereocenters. The van der Waals surface area contributed by atoms with Crippen LogP contribution in [0.4, 0.5) is 0 Å². The van der Waals surface area contributed by atoms with Gasteiger partial charge in [0.05, 0.1) is 0 Å². The van der Waals surface area contributed by atoms with Gasteiger partial charge in [0.15, 0.2) is 0 Å². The minimum absolute atomic E-state index is 0.167. The van der Waals surface area contributed by atoms with Crippen LogP contribution < -0.4 is 0 Å². The Morgan fingerprint density at radius 2 is 2.04 bits per heavy atom. The monoisotopic (exact) mass is 321 g/mol. The lowest BCUT2D eigenvalue weighted by molar-refractivity contribution is 0.0705. The summed E-state index contributed by atoms with van der Waals surface area (Å²) in [5.41, 5.74) is 4.68. The van der Waals surface area contributed by atoms with Crippen LogP contribution in [0.5, 0.6) is 0 Å². The topological polar surface area (TPSA) is 46.1 Å². The van der Waals surface area contributed by atoms with Crippen molar-refractivity contribution in [1.29, 1.82) is 0 Å². The van der Waals surface area contributed by atoms with Crippen LogP contribution in [0.2, 0.25) is 0 Å². The van der Waals surface area contributed by atoms with Gasteiger partial charge in [-0.3, -0.25) is 4.79 Å². The molecule has 0 spiro atoms. The zero-order valence-corrected chi connectivity index (χ0v) is 14.2. The first kappa shape index (κ1) is 15.3. The van der Waals surface area contributed by atoms with Crippen molar-refractivity contribution in [2.24, 2.45) is 0 Å². The molecular formula is C20H23N3O. The van der Waals surface area contributed by atoms with E-state index in [1.165, 1.54) is 17.5 Å². The molecule has 1 amide bonds. The largest absolute Gasteiger partial charge is 0.338 e. The normalized spacial score (nSPS) is 20.0. The fourth-order valence-electron chi connectivity index (χ4n) is 3.99. The Labute approximate surface area is 142 Å². The number of fused-ring (bicyclic) bond motifs is 1. The zero-order chi connectivity index (χ0) is 16.5. The third kappa shape index (κ3) is 2.93. The van der Waals surface area contributed by atoms with Crippen LogP contribution in [0.1, 0.15) is 58.2 Å². The highest BCUT2D eigenvalue weighted by Gasteiger charge is 2.27. The molecule has 0 unspecified atom stereocenters. The molecule has 1 saturated heterocycles. The van der Waals surface area contributed by atoms with Crippen molar-refractivity contribution in [3.8, 4) is 0 Å². The molecule has 1 fully saturated rings. The minimum Gasteiger partial charge on any atom is -0.338 e. The first-order valence-corrected chi connectivity index (χ1v) is 8.91. The van der Waals surface area contributed by atoms with Gasteiger partial charge in [-0.05, 0) is 68.4 Å². The van der Waals surface area contributed by atoms with E-state index in [0.717, 1.165) is 55.9 Å². The number of amides is 1. The van der Waals surface area contributed by atoms with Crippen LogP contribution in [0.25, 0.3) is 0 Å². The maximum Gasteiger partial charge on any atom is 0.253 e. The number of aromatic nitrogens is 2. The van der Waals surface area contributed by atoms with Gasteiger partial charge in [-0.2, -0.15) is 0 Å². The smallest absolute Gasteiger partial charge is 0.253 e. The highest BCUT2D eigenvalue weighted by Crippen LogP contribution is 2.28. The van der Waals surface area contributed by atoms with E-state index in [9.17, 15) is 4.79 Å². The van der Waals surface area contributed by atoms with E-state index >= 15 is 0 Å². The Hall–Kier alpha value is -2.23. The maximum absolute atomic E-state index is 12.9. The number of benzene rings is 1. The van der Waals surface area contributed by atoms with Gasteiger partial charge in [0.25, 0.3) is 5.91 Å². The fourth-order valence-corrected chi connectivity index (χ4v) is 3.99. The van der Waals surface area contributed by atoms with Crippen LogP contribution in [0.3, 0.4) is 0 Å². The molecule has 4 heteroatoms. The van der Waals surface area contributed by atoms with Crippen molar-refractivity contribution in [1.82, 2.24) is 14.9 Å². The second kappa shape index (κ2) is 6.34. The summed E-state index contributed by atoms with van der Waals surface area (Å²) in [5.74, 6) is 1.29. The standard InChI is InChI=1S/C20H23N3O/c1-14-21-10-9-19(22-14)18-6-3-11-23(13-18)20(24)17-8-7-15-4-2-5-16(15)12-17/h7-10,12,18H,2-6,11,13H2,1H3/t18-/m0/s1. The number of likely N-dealkylation sites (tertiary alicyclic amines) is 1. The van der Waals surface area contributed by atoms with E-state index in [1.807, 2.05) is 30.2 Å². The lowest BCUT2D eigenvalue weighted by Crippen LogP contribution is -2.39. The van der Waals surface area contributed by atoms with Gasteiger partial charge in [0.1, 0.15) is 5.82 Å². The molecule has 0 saturated carbocycles. The average Bonchev–Trinajstić information content (AvgIpc) is 3.09. The SMILES string of the molecule is Cc1nccc([C@H]2CCCN(C(=O)c3ccc4c(c3)CCC4)C2)n1. The molecule has 2 heterocycles. The molecule has 0 N–H and O–H groups in total. The summed E-state index contributed by atoms with van der Waals surface area (Å²) in [5, 5.41) is 0. The van der Waals surface area contributed by atoms with Crippen LogP contribution in [-0.2, 0) is 12.8 Å². The van der Waals surface area contributed by atoms with Gasteiger partial charge in [-0.1, -0.05) is 6.07 Å². The lowest BCUT2D eigenvalue weighted by atomic mass is 9.93. The number of nitrogens with zero attached hydrogens (tertiary/aromatic N) is 3. The lowest BCUT2D eigenvalue weighted by Gasteiger charge is -2.32.